The number of hydrogen-bond donors (Lipinski definition) is 1. The van der Waals surface area contributed by atoms with E-state index in [0.29, 0.717) is 6.04 Å². The summed E-state index contributed by atoms with van der Waals surface area (Å²) in [5.74, 6) is 0. The molecule has 1 N–H and O–H groups in total. The van der Waals surface area contributed by atoms with Crippen LogP contribution in [0.1, 0.15) is 37.8 Å². The largest absolute Gasteiger partial charge is 0.352 e. The van der Waals surface area contributed by atoms with Gasteiger partial charge in [-0.05, 0) is 80.4 Å². The van der Waals surface area contributed by atoms with E-state index in [2.05, 4.69) is 91.5 Å². The lowest BCUT2D eigenvalue weighted by atomic mass is 9.96. The maximum absolute atomic E-state index is 5.28. The minimum absolute atomic E-state index is 0.349. The number of nitrogens with one attached hydrogen (secondary N) is 1. The zero-order chi connectivity index (χ0) is 24.5. The third-order valence-electron chi connectivity index (χ3n) is 6.87. The van der Waals surface area contributed by atoms with E-state index < -0.39 is 0 Å². The molecule has 6 rings (SSSR count). The molecular weight excluding hydrogens is 510 g/mol. The summed E-state index contributed by atoms with van der Waals surface area (Å²) in [6.45, 7) is 2.00. The third-order valence-corrected chi connectivity index (χ3v) is 7.40. The highest BCUT2D eigenvalue weighted by atomic mass is 79.9. The molecule has 5 nitrogen and oxygen atoms in total. The molecule has 0 amide bonds. The van der Waals surface area contributed by atoms with E-state index in [1.165, 1.54) is 19.3 Å². The number of para-hydroxylation sites is 2. The van der Waals surface area contributed by atoms with E-state index in [4.69, 9.17) is 9.98 Å². The SMILES string of the molecule is Cc1ccc(Nc2cc3nc4ccccc4n(-c4ccc(Br)cc4)c-3c/c2=N\C2CCCCC2)cn1. The van der Waals surface area contributed by atoms with E-state index in [9.17, 15) is 0 Å². The zero-order valence-electron chi connectivity index (χ0n) is 20.3. The van der Waals surface area contributed by atoms with Gasteiger partial charge in [-0.25, -0.2) is 4.98 Å². The molecule has 1 aromatic heterocycles. The van der Waals surface area contributed by atoms with Crippen LogP contribution in [0.3, 0.4) is 0 Å². The quantitative estimate of drug-likeness (QED) is 0.240. The maximum atomic E-state index is 5.28. The van der Waals surface area contributed by atoms with Crippen LogP contribution >= 0.6 is 15.9 Å². The summed E-state index contributed by atoms with van der Waals surface area (Å²) in [4.78, 5) is 14.8. The highest BCUT2D eigenvalue weighted by Gasteiger charge is 2.18. The molecule has 0 radical (unpaired) electrons. The van der Waals surface area contributed by atoms with Gasteiger partial charge in [0.05, 0.1) is 51.4 Å². The minimum atomic E-state index is 0.349. The fourth-order valence-corrected chi connectivity index (χ4v) is 5.29. The molecule has 1 saturated carbocycles. The Hall–Kier alpha value is -3.51. The highest BCUT2D eigenvalue weighted by molar-refractivity contribution is 9.10. The Kier molecular flexibility index (Phi) is 6.28. The van der Waals surface area contributed by atoms with Crippen LogP contribution < -0.4 is 10.7 Å². The van der Waals surface area contributed by atoms with Gasteiger partial charge in [0.1, 0.15) is 0 Å². The summed E-state index contributed by atoms with van der Waals surface area (Å²) in [5.41, 5.74) is 7.97. The highest BCUT2D eigenvalue weighted by Crippen LogP contribution is 2.31. The molecule has 2 aromatic carbocycles. The topological polar surface area (TPSA) is 55.1 Å². The monoisotopic (exact) mass is 537 g/mol. The first-order valence-corrected chi connectivity index (χ1v) is 13.4. The van der Waals surface area contributed by atoms with Gasteiger partial charge in [0.25, 0.3) is 0 Å². The van der Waals surface area contributed by atoms with Crippen molar-refractivity contribution in [2.45, 2.75) is 45.1 Å². The van der Waals surface area contributed by atoms with Crippen molar-refractivity contribution in [1.29, 1.82) is 0 Å². The number of aryl methyl sites for hydroxylation is 1. The van der Waals surface area contributed by atoms with Gasteiger partial charge in [0, 0.05) is 15.9 Å². The van der Waals surface area contributed by atoms with Gasteiger partial charge in [-0.15, -0.1) is 0 Å². The Labute approximate surface area is 219 Å². The summed E-state index contributed by atoms with van der Waals surface area (Å²) in [6.07, 6.45) is 7.97. The molecular formula is C30H28BrN5. The van der Waals surface area contributed by atoms with Crippen LogP contribution in [0.4, 0.5) is 11.4 Å². The first-order chi connectivity index (χ1) is 17.6. The second-order valence-electron chi connectivity index (χ2n) is 9.50. The Bertz CT molecular complexity index is 1550. The maximum Gasteiger partial charge on any atom is 0.0900 e. The molecule has 0 atom stereocenters. The number of anilines is 2. The van der Waals surface area contributed by atoms with Crippen molar-refractivity contribution in [3.05, 3.63) is 94.5 Å². The second kappa shape index (κ2) is 9.86. The van der Waals surface area contributed by atoms with E-state index >= 15 is 0 Å². The summed E-state index contributed by atoms with van der Waals surface area (Å²) in [7, 11) is 0. The van der Waals surface area contributed by atoms with Gasteiger partial charge >= 0.3 is 0 Å². The van der Waals surface area contributed by atoms with Crippen molar-refractivity contribution in [3.8, 4) is 17.1 Å². The molecule has 36 heavy (non-hydrogen) atoms. The molecule has 0 spiro atoms. The van der Waals surface area contributed by atoms with Crippen LogP contribution in [0, 0.1) is 6.92 Å². The van der Waals surface area contributed by atoms with Gasteiger partial charge in [0.2, 0.25) is 0 Å². The predicted molar refractivity (Wildman–Crippen MR) is 150 cm³/mol. The molecule has 0 unspecified atom stereocenters. The first kappa shape index (κ1) is 22.9. The van der Waals surface area contributed by atoms with Crippen molar-refractivity contribution in [2.24, 2.45) is 4.99 Å². The van der Waals surface area contributed by atoms with Gasteiger partial charge in [-0.2, -0.15) is 0 Å². The van der Waals surface area contributed by atoms with Crippen molar-refractivity contribution in [1.82, 2.24) is 14.5 Å². The minimum Gasteiger partial charge on any atom is -0.352 e. The molecule has 180 valence electrons. The van der Waals surface area contributed by atoms with Crippen molar-refractivity contribution in [3.63, 3.8) is 0 Å². The predicted octanol–water partition coefficient (Wildman–Crippen LogP) is 7.57. The molecule has 6 heteroatoms. The van der Waals surface area contributed by atoms with E-state index in [-0.39, 0.29) is 0 Å². The van der Waals surface area contributed by atoms with Crippen LogP contribution in [0.15, 0.2) is 88.5 Å². The number of aromatic nitrogens is 3. The molecule has 0 bridgehead atoms. The van der Waals surface area contributed by atoms with Crippen LogP contribution in [-0.2, 0) is 0 Å². The smallest absolute Gasteiger partial charge is 0.0900 e. The molecule has 1 fully saturated rings. The fourth-order valence-electron chi connectivity index (χ4n) is 5.02. The van der Waals surface area contributed by atoms with Crippen molar-refractivity contribution in [2.75, 3.05) is 5.32 Å². The van der Waals surface area contributed by atoms with Gasteiger partial charge in [-0.3, -0.25) is 9.98 Å². The van der Waals surface area contributed by atoms with Gasteiger partial charge in [0.15, 0.2) is 0 Å². The lowest BCUT2D eigenvalue weighted by molar-refractivity contribution is 0.437. The second-order valence-corrected chi connectivity index (χ2v) is 10.4. The van der Waals surface area contributed by atoms with E-state index in [1.807, 2.05) is 25.3 Å². The van der Waals surface area contributed by atoms with Crippen LogP contribution in [-0.4, -0.2) is 20.6 Å². The van der Waals surface area contributed by atoms with E-state index in [0.717, 1.165) is 67.8 Å². The number of pyridine rings is 1. The number of hydrogen-bond acceptors (Lipinski definition) is 4. The zero-order valence-corrected chi connectivity index (χ0v) is 21.9. The lowest BCUT2D eigenvalue weighted by Crippen LogP contribution is -2.19. The van der Waals surface area contributed by atoms with Gasteiger partial charge in [-0.1, -0.05) is 47.3 Å². The number of halogens is 1. The van der Waals surface area contributed by atoms with E-state index in [1.54, 1.807) is 0 Å². The average molecular weight is 538 g/mol. The Morgan fingerprint density at radius 3 is 2.53 bits per heavy atom. The van der Waals surface area contributed by atoms with Crippen LogP contribution in [0.25, 0.3) is 28.1 Å². The molecule has 2 heterocycles. The standard InChI is InChI=1S/C30H28BrN5/c1-20-11-14-23(19-32-20)34-26-17-28-30(18-27(26)33-22-7-3-2-4-8-22)36(24-15-12-21(31)13-16-24)29-10-6-5-9-25(29)35-28/h5-6,9-19,22,34H,2-4,7-8H2,1H3/b33-27+. The fraction of sp³-hybridized carbons (Fsp3) is 0.233. The number of fused-ring (bicyclic) bond motifs is 2. The summed E-state index contributed by atoms with van der Waals surface area (Å²) in [5, 5.41) is 4.55. The van der Waals surface area contributed by atoms with Crippen molar-refractivity contribution < 1.29 is 0 Å². The molecule has 0 saturated heterocycles. The Morgan fingerprint density at radius 2 is 1.75 bits per heavy atom. The summed E-state index contributed by atoms with van der Waals surface area (Å²) in [6, 6.07) is 25.5. The summed E-state index contributed by atoms with van der Waals surface area (Å²) >= 11 is 3.58. The summed E-state index contributed by atoms with van der Waals surface area (Å²) < 4.78 is 3.35. The molecule has 3 aliphatic rings. The average Bonchev–Trinajstić information content (AvgIpc) is 2.90. The molecule has 1 aliphatic heterocycles. The number of rotatable bonds is 4. The number of benzene rings is 3. The third kappa shape index (κ3) is 4.65. The molecule has 3 aromatic rings. The number of nitrogens with zero attached hydrogens (tertiary/aromatic N) is 4. The Morgan fingerprint density at radius 1 is 0.944 bits per heavy atom. The first-order valence-electron chi connectivity index (χ1n) is 12.6. The van der Waals surface area contributed by atoms with Gasteiger partial charge < -0.3 is 9.88 Å². The lowest BCUT2D eigenvalue weighted by Gasteiger charge is -2.21. The van der Waals surface area contributed by atoms with Crippen LogP contribution in [0.2, 0.25) is 0 Å². The van der Waals surface area contributed by atoms with Crippen LogP contribution in [0.5, 0.6) is 0 Å². The Balaban J connectivity index is 1.61. The normalized spacial score (nSPS) is 15.0. The molecule has 2 aliphatic carbocycles. The van der Waals surface area contributed by atoms with Crippen molar-refractivity contribution >= 4 is 38.3 Å².